The predicted molar refractivity (Wildman–Crippen MR) is 208 cm³/mol. The van der Waals surface area contributed by atoms with Crippen molar-refractivity contribution >= 4 is 16.7 Å². The highest BCUT2D eigenvalue weighted by atomic mass is 14.9. The number of hydrogen-bond acceptors (Lipinski definition) is 5. The second-order valence-corrected chi connectivity index (χ2v) is 11.6. The summed E-state index contributed by atoms with van der Waals surface area (Å²) in [5.41, 5.74) is 11.7. The highest BCUT2D eigenvalue weighted by molar-refractivity contribution is 5.94. The molecule has 2 aromatic carbocycles. The van der Waals surface area contributed by atoms with Crippen LogP contribution in [0.2, 0.25) is 0 Å². The van der Waals surface area contributed by atoms with E-state index in [1.54, 1.807) is 18.3 Å². The van der Waals surface area contributed by atoms with Crippen molar-refractivity contribution in [3.8, 4) is 45.3 Å². The van der Waals surface area contributed by atoms with Gasteiger partial charge in [0.15, 0.2) is 5.82 Å². The Morgan fingerprint density at radius 2 is 1.12 bits per heavy atom. The van der Waals surface area contributed by atoms with Crippen LogP contribution in [-0.2, 0) is 0 Å². The van der Waals surface area contributed by atoms with Gasteiger partial charge in [-0.05, 0) is 78.6 Å². The second kappa shape index (κ2) is 16.0. The van der Waals surface area contributed by atoms with E-state index in [9.17, 15) is 0 Å². The van der Waals surface area contributed by atoms with E-state index < -0.39 is 0 Å². The van der Waals surface area contributed by atoms with Crippen LogP contribution in [0.15, 0.2) is 177 Å². The number of aromatic nitrogens is 5. The van der Waals surface area contributed by atoms with E-state index in [-0.39, 0.29) is 0 Å². The standard InChI is InChI=1S/C45H37N5/c1-5-7-11-18-32(3)37-29-43(39-24-16-17-26-46-39)48-44(30-37)42-28-36(25-27-47-42)38(23-8-6-2)33(4)45-49-40(34-19-12-9-13-20-34)31-41(50-45)35-21-14-10-15-22-35/h5-31H,1-2H2,3-4H3/b11-7-,23-8-,32-18+,38-33-. The molecule has 4 heterocycles. The molecule has 0 fully saturated rings. The van der Waals surface area contributed by atoms with E-state index in [0.29, 0.717) is 5.82 Å². The Hall–Kier alpha value is -6.59. The van der Waals surface area contributed by atoms with Crippen LogP contribution >= 0.6 is 0 Å². The van der Waals surface area contributed by atoms with Gasteiger partial charge in [-0.1, -0.05) is 122 Å². The normalized spacial score (nSPS) is 12.2. The molecule has 0 aliphatic carbocycles. The fraction of sp³-hybridized carbons (Fsp3) is 0.0444. The van der Waals surface area contributed by atoms with Crippen molar-refractivity contribution in [3.63, 3.8) is 0 Å². The molecule has 0 aliphatic rings. The van der Waals surface area contributed by atoms with Gasteiger partial charge in [0.25, 0.3) is 0 Å². The maximum Gasteiger partial charge on any atom is 0.156 e. The van der Waals surface area contributed by atoms with Crippen molar-refractivity contribution in [2.75, 3.05) is 0 Å². The molecule has 0 aliphatic heterocycles. The molecule has 50 heavy (non-hydrogen) atoms. The van der Waals surface area contributed by atoms with Gasteiger partial charge < -0.3 is 0 Å². The van der Waals surface area contributed by atoms with Crippen molar-refractivity contribution in [1.29, 1.82) is 0 Å². The Morgan fingerprint density at radius 1 is 0.520 bits per heavy atom. The third-order valence-corrected chi connectivity index (χ3v) is 8.14. The van der Waals surface area contributed by atoms with Crippen LogP contribution in [0.4, 0.5) is 0 Å². The topological polar surface area (TPSA) is 64.5 Å². The van der Waals surface area contributed by atoms with Gasteiger partial charge in [-0.25, -0.2) is 15.0 Å². The molecule has 5 heteroatoms. The maximum atomic E-state index is 5.09. The van der Waals surface area contributed by atoms with Crippen LogP contribution in [0.5, 0.6) is 0 Å². The fourth-order valence-corrected chi connectivity index (χ4v) is 5.50. The van der Waals surface area contributed by atoms with Gasteiger partial charge in [0.2, 0.25) is 0 Å². The smallest absolute Gasteiger partial charge is 0.156 e. The highest BCUT2D eigenvalue weighted by Crippen LogP contribution is 2.32. The number of rotatable bonds is 11. The van der Waals surface area contributed by atoms with Crippen LogP contribution in [0.1, 0.15) is 30.8 Å². The lowest BCUT2D eigenvalue weighted by molar-refractivity contribution is 1.12. The number of hydrogen-bond donors (Lipinski definition) is 0. The number of pyridine rings is 3. The third kappa shape index (κ3) is 7.92. The van der Waals surface area contributed by atoms with Crippen molar-refractivity contribution in [3.05, 3.63) is 194 Å². The molecule has 0 radical (unpaired) electrons. The molecule has 6 aromatic rings. The quantitative estimate of drug-likeness (QED) is 0.131. The molecule has 0 saturated carbocycles. The molecular weight excluding hydrogens is 611 g/mol. The first kappa shape index (κ1) is 33.3. The molecule has 242 valence electrons. The molecule has 0 amide bonds. The summed E-state index contributed by atoms with van der Waals surface area (Å²) in [6.07, 6.45) is 17.1. The SMILES string of the molecule is C=C/C=C\C=C(/C)c1cc(-c2ccccn2)nc(-c2cc(C(/C=C\C=C)=C(/C)c3nc(-c4ccccc4)cc(-c4ccccc4)n3)ccn2)c1. The second-order valence-electron chi connectivity index (χ2n) is 11.6. The van der Waals surface area contributed by atoms with Crippen LogP contribution in [0, 0.1) is 0 Å². The van der Waals surface area contributed by atoms with Crippen LogP contribution in [-0.4, -0.2) is 24.9 Å². The zero-order valence-corrected chi connectivity index (χ0v) is 28.2. The van der Waals surface area contributed by atoms with Gasteiger partial charge in [0.05, 0.1) is 34.2 Å². The number of nitrogens with zero attached hydrogens (tertiary/aromatic N) is 5. The van der Waals surface area contributed by atoms with Gasteiger partial charge in [-0.3, -0.25) is 9.97 Å². The molecule has 0 saturated heterocycles. The Balaban J connectivity index is 1.51. The zero-order chi connectivity index (χ0) is 34.7. The van der Waals surface area contributed by atoms with Crippen LogP contribution < -0.4 is 0 Å². The molecule has 6 rings (SSSR count). The van der Waals surface area contributed by atoms with Crippen LogP contribution in [0.25, 0.3) is 62.0 Å². The Labute approximate surface area is 294 Å². The fourth-order valence-electron chi connectivity index (χ4n) is 5.50. The van der Waals surface area contributed by atoms with Gasteiger partial charge in [0, 0.05) is 29.1 Å². The van der Waals surface area contributed by atoms with Gasteiger partial charge in [0.1, 0.15) is 0 Å². The molecule has 4 aromatic heterocycles. The first-order valence-corrected chi connectivity index (χ1v) is 16.4. The van der Waals surface area contributed by atoms with E-state index in [4.69, 9.17) is 19.9 Å². The summed E-state index contributed by atoms with van der Waals surface area (Å²) in [5, 5.41) is 0. The lowest BCUT2D eigenvalue weighted by atomic mass is 9.97. The maximum absolute atomic E-state index is 5.09. The summed E-state index contributed by atoms with van der Waals surface area (Å²) < 4.78 is 0. The molecule has 0 atom stereocenters. The number of benzene rings is 2. The van der Waals surface area contributed by atoms with Crippen molar-refractivity contribution in [1.82, 2.24) is 24.9 Å². The highest BCUT2D eigenvalue weighted by Gasteiger charge is 2.16. The summed E-state index contributed by atoms with van der Waals surface area (Å²) in [6, 6.07) is 36.5. The van der Waals surface area contributed by atoms with E-state index in [1.165, 1.54) is 0 Å². The van der Waals surface area contributed by atoms with E-state index >= 15 is 0 Å². The minimum absolute atomic E-state index is 0.637. The predicted octanol–water partition coefficient (Wildman–Crippen LogP) is 11.1. The largest absolute Gasteiger partial charge is 0.255 e. The average molecular weight is 648 g/mol. The van der Waals surface area contributed by atoms with Gasteiger partial charge in [-0.15, -0.1) is 0 Å². The van der Waals surface area contributed by atoms with Crippen molar-refractivity contribution in [2.45, 2.75) is 13.8 Å². The van der Waals surface area contributed by atoms with E-state index in [1.807, 2.05) is 97.2 Å². The molecule has 0 unspecified atom stereocenters. The Kier molecular flexibility index (Phi) is 10.7. The van der Waals surface area contributed by atoms with Gasteiger partial charge >= 0.3 is 0 Å². The van der Waals surface area contributed by atoms with Crippen molar-refractivity contribution < 1.29 is 0 Å². The molecule has 0 N–H and O–H groups in total. The number of allylic oxidation sites excluding steroid dienone is 10. The monoisotopic (exact) mass is 647 g/mol. The van der Waals surface area contributed by atoms with Gasteiger partial charge in [-0.2, -0.15) is 0 Å². The first-order valence-electron chi connectivity index (χ1n) is 16.4. The lowest BCUT2D eigenvalue weighted by Crippen LogP contribution is -2.00. The van der Waals surface area contributed by atoms with E-state index in [2.05, 4.69) is 80.5 Å². The summed E-state index contributed by atoms with van der Waals surface area (Å²) in [5.74, 6) is 0.637. The summed E-state index contributed by atoms with van der Waals surface area (Å²) in [4.78, 5) is 24.6. The molecule has 5 nitrogen and oxygen atoms in total. The van der Waals surface area contributed by atoms with Crippen molar-refractivity contribution in [2.24, 2.45) is 0 Å². The molecular formula is C45H37N5. The minimum Gasteiger partial charge on any atom is -0.255 e. The van der Waals surface area contributed by atoms with Crippen LogP contribution in [0.3, 0.4) is 0 Å². The lowest BCUT2D eigenvalue weighted by Gasteiger charge is -2.14. The summed E-state index contributed by atoms with van der Waals surface area (Å²) in [7, 11) is 0. The zero-order valence-electron chi connectivity index (χ0n) is 28.2. The average Bonchev–Trinajstić information content (AvgIpc) is 3.18. The molecule has 0 spiro atoms. The first-order chi connectivity index (χ1) is 24.5. The third-order valence-electron chi connectivity index (χ3n) is 8.14. The minimum atomic E-state index is 0.637. The Bertz CT molecular complexity index is 2190. The molecule has 0 bridgehead atoms. The van der Waals surface area contributed by atoms with E-state index in [0.717, 1.165) is 73.1 Å². The summed E-state index contributed by atoms with van der Waals surface area (Å²) in [6.45, 7) is 11.9. The Morgan fingerprint density at radius 3 is 1.74 bits per heavy atom. The summed E-state index contributed by atoms with van der Waals surface area (Å²) >= 11 is 0.